The van der Waals surface area contributed by atoms with Crippen LogP contribution in [0.1, 0.15) is 32.1 Å². The van der Waals surface area contributed by atoms with Crippen molar-refractivity contribution in [1.82, 2.24) is 5.32 Å². The fourth-order valence-corrected chi connectivity index (χ4v) is 2.06. The Balaban J connectivity index is 2.26. The first-order valence-corrected chi connectivity index (χ1v) is 5.83. The van der Waals surface area contributed by atoms with Crippen molar-refractivity contribution in [2.75, 3.05) is 6.54 Å². The molecule has 15 heavy (non-hydrogen) atoms. The van der Waals surface area contributed by atoms with Crippen LogP contribution in [0.2, 0.25) is 0 Å². The summed E-state index contributed by atoms with van der Waals surface area (Å²) in [7, 11) is 0. The topological polar surface area (TPSA) is 55.1 Å². The molecule has 0 spiro atoms. The van der Waals surface area contributed by atoms with Crippen molar-refractivity contribution >= 4 is 17.5 Å². The normalized spacial score (nSPS) is 26.0. The van der Waals surface area contributed by atoms with Crippen molar-refractivity contribution in [3.05, 3.63) is 11.6 Å². The number of hydrogen-bond acceptors (Lipinski definition) is 2. The third-order valence-corrected chi connectivity index (χ3v) is 3.03. The maximum atomic E-state index is 11.5. The van der Waals surface area contributed by atoms with Gasteiger partial charge in [-0.1, -0.05) is 31.0 Å². The van der Waals surface area contributed by atoms with E-state index in [0.717, 1.165) is 12.8 Å². The van der Waals surface area contributed by atoms with E-state index in [-0.39, 0.29) is 11.9 Å². The number of carbonyl (C=O) groups is 1. The Kier molecular flexibility index (Phi) is 5.12. The third kappa shape index (κ3) is 4.67. The Morgan fingerprint density at radius 1 is 1.47 bits per heavy atom. The fourth-order valence-electron chi connectivity index (χ4n) is 1.99. The van der Waals surface area contributed by atoms with E-state index < -0.39 is 0 Å². The summed E-state index contributed by atoms with van der Waals surface area (Å²) in [5.74, 6) is 0.362. The molecule has 1 aliphatic rings. The molecule has 1 aliphatic carbocycles. The molecule has 0 bridgehead atoms. The van der Waals surface area contributed by atoms with Crippen molar-refractivity contribution in [3.8, 4) is 0 Å². The SMILES string of the molecule is C=C(Cl)CNC(=O)CC1CCCCC1N. The number of nitrogens with two attached hydrogens (primary N) is 1. The van der Waals surface area contributed by atoms with E-state index in [4.69, 9.17) is 17.3 Å². The molecule has 1 fully saturated rings. The van der Waals surface area contributed by atoms with Crippen LogP contribution < -0.4 is 11.1 Å². The Morgan fingerprint density at radius 2 is 2.13 bits per heavy atom. The van der Waals surface area contributed by atoms with Crippen molar-refractivity contribution in [2.45, 2.75) is 38.1 Å². The first kappa shape index (κ1) is 12.5. The first-order valence-electron chi connectivity index (χ1n) is 5.45. The number of amides is 1. The van der Waals surface area contributed by atoms with Crippen molar-refractivity contribution in [2.24, 2.45) is 11.7 Å². The molecule has 86 valence electrons. The summed E-state index contributed by atoms with van der Waals surface area (Å²) in [6.07, 6.45) is 5.01. The molecular weight excluding hydrogens is 212 g/mol. The first-order chi connectivity index (χ1) is 7.09. The number of nitrogens with one attached hydrogen (secondary N) is 1. The molecule has 0 aliphatic heterocycles. The summed E-state index contributed by atoms with van der Waals surface area (Å²) < 4.78 is 0. The Bertz CT molecular complexity index is 243. The average Bonchev–Trinajstić information content (AvgIpc) is 2.18. The minimum absolute atomic E-state index is 0.0270. The van der Waals surface area contributed by atoms with Gasteiger partial charge in [0.1, 0.15) is 0 Å². The zero-order chi connectivity index (χ0) is 11.3. The van der Waals surface area contributed by atoms with Gasteiger partial charge in [0.2, 0.25) is 5.91 Å². The summed E-state index contributed by atoms with van der Waals surface area (Å²) >= 11 is 5.56. The molecule has 3 nitrogen and oxygen atoms in total. The highest BCUT2D eigenvalue weighted by atomic mass is 35.5. The minimum atomic E-state index is 0.0270. The summed E-state index contributed by atoms with van der Waals surface area (Å²) in [5, 5.41) is 3.18. The zero-order valence-electron chi connectivity index (χ0n) is 8.97. The largest absolute Gasteiger partial charge is 0.351 e. The molecular formula is C11H19ClN2O. The van der Waals surface area contributed by atoms with Gasteiger partial charge < -0.3 is 11.1 Å². The van der Waals surface area contributed by atoms with Gasteiger partial charge in [-0.25, -0.2) is 0 Å². The molecule has 0 heterocycles. The van der Waals surface area contributed by atoms with Crippen LogP contribution in [0.5, 0.6) is 0 Å². The van der Waals surface area contributed by atoms with E-state index in [9.17, 15) is 4.79 Å². The molecule has 0 aromatic heterocycles. The van der Waals surface area contributed by atoms with E-state index in [0.29, 0.717) is 23.9 Å². The van der Waals surface area contributed by atoms with Gasteiger partial charge in [0.15, 0.2) is 0 Å². The van der Waals surface area contributed by atoms with Gasteiger partial charge in [0, 0.05) is 17.5 Å². The molecule has 0 aromatic rings. The third-order valence-electron chi connectivity index (χ3n) is 2.89. The molecule has 0 radical (unpaired) electrons. The van der Waals surface area contributed by atoms with E-state index >= 15 is 0 Å². The van der Waals surface area contributed by atoms with E-state index in [1.54, 1.807) is 0 Å². The van der Waals surface area contributed by atoms with Crippen LogP contribution in [0.4, 0.5) is 0 Å². The molecule has 2 unspecified atom stereocenters. The predicted octanol–water partition coefficient (Wildman–Crippen LogP) is 1.76. The molecule has 1 saturated carbocycles. The van der Waals surface area contributed by atoms with Gasteiger partial charge in [-0.05, 0) is 18.8 Å². The van der Waals surface area contributed by atoms with Crippen LogP contribution >= 0.6 is 11.6 Å². The molecule has 1 amide bonds. The van der Waals surface area contributed by atoms with Crippen molar-refractivity contribution in [3.63, 3.8) is 0 Å². The van der Waals surface area contributed by atoms with Crippen LogP contribution in [-0.2, 0) is 4.79 Å². The highest BCUT2D eigenvalue weighted by Crippen LogP contribution is 2.25. The van der Waals surface area contributed by atoms with E-state index in [1.807, 2.05) is 0 Å². The molecule has 0 saturated heterocycles. The van der Waals surface area contributed by atoms with Crippen LogP contribution in [0, 0.1) is 5.92 Å². The van der Waals surface area contributed by atoms with Gasteiger partial charge in [0.25, 0.3) is 0 Å². The van der Waals surface area contributed by atoms with Gasteiger partial charge in [-0.15, -0.1) is 0 Å². The van der Waals surface area contributed by atoms with Crippen molar-refractivity contribution < 1.29 is 4.79 Å². The second-order valence-electron chi connectivity index (χ2n) is 4.21. The molecule has 4 heteroatoms. The lowest BCUT2D eigenvalue weighted by atomic mass is 9.83. The lowest BCUT2D eigenvalue weighted by Crippen LogP contribution is -2.37. The highest BCUT2D eigenvalue weighted by molar-refractivity contribution is 6.29. The second-order valence-corrected chi connectivity index (χ2v) is 4.74. The number of carbonyl (C=O) groups excluding carboxylic acids is 1. The van der Waals surface area contributed by atoms with E-state index in [1.165, 1.54) is 12.8 Å². The zero-order valence-corrected chi connectivity index (χ0v) is 9.72. The smallest absolute Gasteiger partial charge is 0.220 e. The Hall–Kier alpha value is -0.540. The van der Waals surface area contributed by atoms with Crippen LogP contribution in [0.15, 0.2) is 11.6 Å². The number of halogens is 1. The summed E-state index contributed by atoms with van der Waals surface area (Å²) in [5.41, 5.74) is 5.96. The van der Waals surface area contributed by atoms with E-state index in [2.05, 4.69) is 11.9 Å². The number of hydrogen-bond donors (Lipinski definition) is 2. The predicted molar refractivity (Wildman–Crippen MR) is 62.6 cm³/mol. The molecule has 3 N–H and O–H groups in total. The standard InChI is InChI=1S/C11H19ClN2O/c1-8(12)7-14-11(15)6-9-4-2-3-5-10(9)13/h9-10H,1-7,13H2,(H,14,15). The quantitative estimate of drug-likeness (QED) is 0.774. The number of rotatable bonds is 4. The molecule has 0 aromatic carbocycles. The summed E-state index contributed by atoms with van der Waals surface area (Å²) in [6.45, 7) is 3.86. The Labute approximate surface area is 96.0 Å². The summed E-state index contributed by atoms with van der Waals surface area (Å²) in [6, 6.07) is 0.184. The fraction of sp³-hybridized carbons (Fsp3) is 0.727. The minimum Gasteiger partial charge on any atom is -0.351 e. The summed E-state index contributed by atoms with van der Waals surface area (Å²) in [4.78, 5) is 11.5. The second kappa shape index (κ2) is 6.13. The highest BCUT2D eigenvalue weighted by Gasteiger charge is 2.23. The van der Waals surface area contributed by atoms with Gasteiger partial charge in [-0.2, -0.15) is 0 Å². The maximum absolute atomic E-state index is 11.5. The van der Waals surface area contributed by atoms with Crippen molar-refractivity contribution in [1.29, 1.82) is 0 Å². The Morgan fingerprint density at radius 3 is 2.73 bits per heavy atom. The van der Waals surface area contributed by atoms with Crippen LogP contribution in [-0.4, -0.2) is 18.5 Å². The lowest BCUT2D eigenvalue weighted by molar-refractivity contribution is -0.122. The van der Waals surface area contributed by atoms with Crippen LogP contribution in [0.3, 0.4) is 0 Å². The average molecular weight is 231 g/mol. The molecule has 1 rings (SSSR count). The van der Waals surface area contributed by atoms with Gasteiger partial charge >= 0.3 is 0 Å². The maximum Gasteiger partial charge on any atom is 0.220 e. The lowest BCUT2D eigenvalue weighted by Gasteiger charge is -2.27. The van der Waals surface area contributed by atoms with Gasteiger partial charge in [-0.3, -0.25) is 4.79 Å². The van der Waals surface area contributed by atoms with Crippen LogP contribution in [0.25, 0.3) is 0 Å². The van der Waals surface area contributed by atoms with Gasteiger partial charge in [0.05, 0.1) is 6.54 Å². The monoisotopic (exact) mass is 230 g/mol. The molecule has 2 atom stereocenters.